The maximum Gasteiger partial charge on any atom is 0.280 e. The number of benzene rings is 1. The Kier molecular flexibility index (Phi) is 3.88. The van der Waals surface area contributed by atoms with Crippen LogP contribution < -0.4 is 4.90 Å². The van der Waals surface area contributed by atoms with Crippen LogP contribution in [0, 0.1) is 13.8 Å². The molecule has 0 saturated carbocycles. The molecular weight excluding hydrogens is 334 g/mol. The SMILES string of the molecule is Cc1ccc(N2CSC3=N/C(=C\c4cnn(C)c4C)C(=O)N3C2)cc1. The highest BCUT2D eigenvalue weighted by molar-refractivity contribution is 8.14. The van der Waals surface area contributed by atoms with Crippen molar-refractivity contribution in [3.63, 3.8) is 0 Å². The minimum absolute atomic E-state index is 0.0532. The van der Waals surface area contributed by atoms with Crippen LogP contribution in [0.15, 0.2) is 41.2 Å². The summed E-state index contributed by atoms with van der Waals surface area (Å²) in [6, 6.07) is 8.36. The van der Waals surface area contributed by atoms with Gasteiger partial charge in [0.1, 0.15) is 12.4 Å². The smallest absolute Gasteiger partial charge is 0.280 e. The molecule has 1 amide bonds. The summed E-state index contributed by atoms with van der Waals surface area (Å²) in [6.07, 6.45) is 3.59. The fourth-order valence-electron chi connectivity index (χ4n) is 2.83. The van der Waals surface area contributed by atoms with Gasteiger partial charge >= 0.3 is 0 Å². The second-order valence-electron chi connectivity index (χ2n) is 6.26. The molecule has 1 aromatic carbocycles. The summed E-state index contributed by atoms with van der Waals surface area (Å²) < 4.78 is 1.79. The van der Waals surface area contributed by atoms with E-state index in [9.17, 15) is 4.79 Å². The maximum atomic E-state index is 12.8. The third-order valence-corrected chi connectivity index (χ3v) is 5.55. The quantitative estimate of drug-likeness (QED) is 0.779. The molecule has 4 rings (SSSR count). The summed E-state index contributed by atoms with van der Waals surface area (Å²) in [4.78, 5) is 21.2. The lowest BCUT2D eigenvalue weighted by molar-refractivity contribution is -0.122. The van der Waals surface area contributed by atoms with Gasteiger partial charge in [0, 0.05) is 24.0 Å². The Morgan fingerprint density at radius 1 is 1.20 bits per heavy atom. The van der Waals surface area contributed by atoms with Crippen LogP contribution in [0.25, 0.3) is 6.08 Å². The van der Waals surface area contributed by atoms with Crippen molar-refractivity contribution >= 4 is 34.6 Å². The van der Waals surface area contributed by atoms with E-state index in [-0.39, 0.29) is 5.91 Å². The van der Waals surface area contributed by atoms with E-state index in [0.717, 1.165) is 28.0 Å². The van der Waals surface area contributed by atoms with Gasteiger partial charge in [-0.2, -0.15) is 5.10 Å². The topological polar surface area (TPSA) is 53.7 Å². The van der Waals surface area contributed by atoms with E-state index in [1.807, 2.05) is 20.0 Å². The van der Waals surface area contributed by atoms with Crippen LogP contribution in [-0.4, -0.2) is 38.3 Å². The number of aliphatic imine (C=N–C) groups is 1. The Morgan fingerprint density at radius 2 is 1.96 bits per heavy atom. The highest BCUT2D eigenvalue weighted by Gasteiger charge is 2.35. The molecule has 6 nitrogen and oxygen atoms in total. The molecule has 0 spiro atoms. The van der Waals surface area contributed by atoms with E-state index >= 15 is 0 Å². The second-order valence-corrected chi connectivity index (χ2v) is 7.17. The average Bonchev–Trinajstić information content (AvgIpc) is 3.10. The van der Waals surface area contributed by atoms with Crippen molar-refractivity contribution in [2.45, 2.75) is 13.8 Å². The Bertz CT molecular complexity index is 897. The van der Waals surface area contributed by atoms with Crippen molar-refractivity contribution < 1.29 is 4.79 Å². The van der Waals surface area contributed by atoms with E-state index < -0.39 is 0 Å². The number of hydrogen-bond donors (Lipinski definition) is 0. The number of anilines is 1. The van der Waals surface area contributed by atoms with Gasteiger partial charge in [-0.05, 0) is 32.1 Å². The summed E-state index contributed by atoms with van der Waals surface area (Å²) in [5.74, 6) is 0.729. The van der Waals surface area contributed by atoms with Crippen LogP contribution in [0.5, 0.6) is 0 Å². The molecule has 2 aliphatic heterocycles. The first-order valence-corrected chi connectivity index (χ1v) is 9.07. The number of amides is 1. The molecular formula is C18H19N5OS. The van der Waals surface area contributed by atoms with Gasteiger partial charge in [-0.25, -0.2) is 4.99 Å². The first kappa shape index (κ1) is 16.0. The van der Waals surface area contributed by atoms with Gasteiger partial charge in [-0.1, -0.05) is 29.5 Å². The molecule has 0 unspecified atom stereocenters. The zero-order chi connectivity index (χ0) is 17.6. The van der Waals surface area contributed by atoms with E-state index in [2.05, 4.69) is 46.2 Å². The Morgan fingerprint density at radius 3 is 2.64 bits per heavy atom. The van der Waals surface area contributed by atoms with Gasteiger partial charge in [-0.15, -0.1) is 0 Å². The zero-order valence-electron chi connectivity index (χ0n) is 14.4. The number of aryl methyl sites for hydroxylation is 2. The van der Waals surface area contributed by atoms with Crippen molar-refractivity contribution in [1.82, 2.24) is 14.7 Å². The number of nitrogens with zero attached hydrogens (tertiary/aromatic N) is 5. The number of hydrogen-bond acceptors (Lipinski definition) is 5. The monoisotopic (exact) mass is 353 g/mol. The largest absolute Gasteiger partial charge is 0.343 e. The number of fused-ring (bicyclic) bond motifs is 1. The van der Waals surface area contributed by atoms with Crippen molar-refractivity contribution in [2.24, 2.45) is 12.0 Å². The fourth-order valence-corrected chi connectivity index (χ4v) is 3.79. The average molecular weight is 353 g/mol. The van der Waals surface area contributed by atoms with Crippen molar-refractivity contribution in [3.05, 3.63) is 53.0 Å². The summed E-state index contributed by atoms with van der Waals surface area (Å²) in [5.41, 5.74) is 4.76. The summed E-state index contributed by atoms with van der Waals surface area (Å²) in [6.45, 7) is 4.57. The standard InChI is InChI=1S/C18H19N5OS/c1-12-4-6-15(7-5-12)22-10-23-17(24)16(20-18(23)25-11-22)8-14-9-19-21(3)13(14)2/h4-9H,10-11H2,1-3H3/b16-8-. The van der Waals surface area contributed by atoms with E-state index in [1.54, 1.807) is 27.5 Å². The normalized spacial score (nSPS) is 18.8. The first-order valence-electron chi connectivity index (χ1n) is 8.08. The Hall–Kier alpha value is -2.54. The third kappa shape index (κ3) is 2.84. The number of carbonyl (C=O) groups excluding carboxylic acids is 1. The highest BCUT2D eigenvalue weighted by Crippen LogP contribution is 2.31. The van der Waals surface area contributed by atoms with Gasteiger partial charge in [0.2, 0.25) is 0 Å². The van der Waals surface area contributed by atoms with Crippen molar-refractivity contribution in [2.75, 3.05) is 17.4 Å². The molecule has 128 valence electrons. The number of aromatic nitrogens is 2. The van der Waals surface area contributed by atoms with Crippen LogP contribution in [-0.2, 0) is 11.8 Å². The Labute approximate surface area is 150 Å². The number of amidine groups is 1. The van der Waals surface area contributed by atoms with Crippen molar-refractivity contribution in [3.8, 4) is 0 Å². The molecule has 0 N–H and O–H groups in total. The summed E-state index contributed by atoms with van der Waals surface area (Å²) in [5, 5.41) is 5.00. The van der Waals surface area contributed by atoms with E-state index in [1.165, 1.54) is 5.56 Å². The van der Waals surface area contributed by atoms with Gasteiger partial charge in [0.05, 0.1) is 12.1 Å². The fraction of sp³-hybridized carbons (Fsp3) is 0.278. The molecule has 3 heterocycles. The summed E-state index contributed by atoms with van der Waals surface area (Å²) >= 11 is 1.59. The molecule has 2 aromatic rings. The Balaban J connectivity index is 1.57. The van der Waals surface area contributed by atoms with Crippen LogP contribution in [0.3, 0.4) is 0 Å². The molecule has 1 aromatic heterocycles. The van der Waals surface area contributed by atoms with Crippen LogP contribution >= 0.6 is 11.8 Å². The molecule has 0 aliphatic carbocycles. The molecule has 0 radical (unpaired) electrons. The number of carbonyl (C=O) groups is 1. The molecule has 0 atom stereocenters. The molecule has 1 fully saturated rings. The molecule has 0 bridgehead atoms. The lowest BCUT2D eigenvalue weighted by atomic mass is 10.2. The van der Waals surface area contributed by atoms with E-state index in [4.69, 9.17) is 0 Å². The van der Waals surface area contributed by atoms with Gasteiger partial charge in [0.15, 0.2) is 5.17 Å². The first-order chi connectivity index (χ1) is 12.0. The lowest BCUT2D eigenvalue weighted by Crippen LogP contribution is -2.46. The number of thioether (sulfide) groups is 1. The number of rotatable bonds is 2. The predicted octanol–water partition coefficient (Wildman–Crippen LogP) is 2.74. The van der Waals surface area contributed by atoms with Crippen LogP contribution in [0.1, 0.15) is 16.8 Å². The van der Waals surface area contributed by atoms with Gasteiger partial charge in [0.25, 0.3) is 5.91 Å². The van der Waals surface area contributed by atoms with E-state index in [0.29, 0.717) is 12.4 Å². The van der Waals surface area contributed by atoms with Crippen LogP contribution in [0.4, 0.5) is 5.69 Å². The molecule has 7 heteroatoms. The molecule has 2 aliphatic rings. The van der Waals surface area contributed by atoms with Gasteiger partial charge in [-0.3, -0.25) is 14.4 Å². The van der Waals surface area contributed by atoms with Gasteiger partial charge < -0.3 is 4.90 Å². The predicted molar refractivity (Wildman–Crippen MR) is 101 cm³/mol. The molecule has 1 saturated heterocycles. The third-order valence-electron chi connectivity index (χ3n) is 4.54. The maximum absolute atomic E-state index is 12.8. The highest BCUT2D eigenvalue weighted by atomic mass is 32.2. The zero-order valence-corrected chi connectivity index (χ0v) is 15.2. The minimum Gasteiger partial charge on any atom is -0.343 e. The second kappa shape index (κ2) is 6.07. The lowest BCUT2D eigenvalue weighted by Gasteiger charge is -2.34. The van der Waals surface area contributed by atoms with Crippen molar-refractivity contribution in [1.29, 1.82) is 0 Å². The summed E-state index contributed by atoms with van der Waals surface area (Å²) in [7, 11) is 1.89. The molecule has 25 heavy (non-hydrogen) atoms. The minimum atomic E-state index is -0.0532. The van der Waals surface area contributed by atoms with Crippen LogP contribution in [0.2, 0.25) is 0 Å².